The molecule has 3 rings (SSSR count). The molecule has 1 aromatic carbocycles. The second kappa shape index (κ2) is 22.3. The van der Waals surface area contributed by atoms with Gasteiger partial charge in [0, 0.05) is 34.2 Å². The lowest BCUT2D eigenvalue weighted by Crippen LogP contribution is -2.59. The predicted molar refractivity (Wildman–Crippen MR) is 229 cm³/mol. The zero-order valence-corrected chi connectivity index (χ0v) is 38.6. The van der Waals surface area contributed by atoms with Crippen LogP contribution in [0.15, 0.2) is 24.3 Å². The van der Waals surface area contributed by atoms with Crippen molar-refractivity contribution in [2.75, 3.05) is 41.9 Å². The molecule has 17 heteroatoms. The van der Waals surface area contributed by atoms with Crippen LogP contribution in [0.3, 0.4) is 0 Å². The summed E-state index contributed by atoms with van der Waals surface area (Å²) in [7, 11) is 4.44. The van der Waals surface area contributed by atoms with Crippen LogP contribution in [0.2, 0.25) is 0 Å². The number of sulfonamides is 1. The molecule has 0 spiro atoms. The number of likely N-dealkylation sites (tertiary alicyclic amines) is 1. The predicted octanol–water partition coefficient (Wildman–Crippen LogP) is 2.68. The fourth-order valence-electron chi connectivity index (χ4n) is 8.46. The fraction of sp³-hybridized carbons (Fsp3) is 0.744. The third-order valence-corrected chi connectivity index (χ3v) is 14.0. The Labute approximate surface area is 357 Å². The molecule has 9 atom stereocenters. The van der Waals surface area contributed by atoms with Crippen molar-refractivity contribution in [1.29, 1.82) is 0 Å². The van der Waals surface area contributed by atoms with Crippen LogP contribution >= 0.6 is 0 Å². The quantitative estimate of drug-likeness (QED) is 0.126. The van der Waals surface area contributed by atoms with Crippen LogP contribution in [0.4, 0.5) is 0 Å². The third kappa shape index (κ3) is 13.1. The van der Waals surface area contributed by atoms with Gasteiger partial charge in [0.15, 0.2) is 0 Å². The zero-order chi connectivity index (χ0) is 45.2. The van der Waals surface area contributed by atoms with E-state index in [-0.39, 0.29) is 54.1 Å². The van der Waals surface area contributed by atoms with Gasteiger partial charge in [0.1, 0.15) is 17.8 Å². The van der Waals surface area contributed by atoms with Gasteiger partial charge in [-0.15, -0.1) is 0 Å². The maximum absolute atomic E-state index is 14.3. The van der Waals surface area contributed by atoms with E-state index in [1.165, 1.54) is 26.4 Å². The maximum atomic E-state index is 14.3. The van der Waals surface area contributed by atoms with Crippen molar-refractivity contribution in [3.05, 3.63) is 29.8 Å². The molecule has 1 saturated heterocycles. The molecule has 5 amide bonds. The highest BCUT2D eigenvalue weighted by molar-refractivity contribution is 7.90. The van der Waals surface area contributed by atoms with Crippen molar-refractivity contribution in [2.45, 2.75) is 141 Å². The van der Waals surface area contributed by atoms with E-state index in [2.05, 4.69) is 15.4 Å². The second-order valence-electron chi connectivity index (χ2n) is 17.6. The minimum absolute atomic E-state index is 0.0135. The van der Waals surface area contributed by atoms with E-state index in [1.54, 1.807) is 35.9 Å². The van der Waals surface area contributed by atoms with Gasteiger partial charge in [-0.3, -0.25) is 33.6 Å². The SMILES string of the molecule is CC[C@H](C)C([C@@H](CC(=O)N1CCC[C@H]1[C@H](OC)[C@@H](C)C(=O)N[C@@H](Cc1ccc(O)cc1)C(=O)NS(=O)(=O)C1CC1)OC)N(C)C(=O)[C@@H](NC(=O)[C@H](C(C)C)N(C)C)C(C)C. The molecule has 0 radical (unpaired) electrons. The molecule has 1 unspecified atom stereocenters. The van der Waals surface area contributed by atoms with E-state index in [9.17, 15) is 37.5 Å². The van der Waals surface area contributed by atoms with Gasteiger partial charge >= 0.3 is 0 Å². The average Bonchev–Trinajstić information content (AvgIpc) is 3.95. The normalized spacial score (nSPS) is 19.9. The molecule has 1 saturated carbocycles. The Bertz CT molecular complexity index is 1710. The third-order valence-electron chi connectivity index (χ3n) is 12.2. The lowest BCUT2D eigenvalue weighted by atomic mass is 9.89. The van der Waals surface area contributed by atoms with E-state index in [4.69, 9.17) is 9.47 Å². The first kappa shape index (κ1) is 50.6. The fourth-order valence-corrected chi connectivity index (χ4v) is 9.81. The number of amides is 5. The molecule has 0 bridgehead atoms. The molecular formula is C43H72N6O10S. The van der Waals surface area contributed by atoms with Crippen molar-refractivity contribution in [1.82, 2.24) is 30.1 Å². The molecule has 16 nitrogen and oxygen atoms in total. The Morgan fingerprint density at radius 2 is 1.48 bits per heavy atom. The Kier molecular flexibility index (Phi) is 18.8. The van der Waals surface area contributed by atoms with Gasteiger partial charge in [-0.05, 0) is 75.2 Å². The molecule has 1 heterocycles. The van der Waals surface area contributed by atoms with Crippen molar-refractivity contribution in [3.63, 3.8) is 0 Å². The first-order chi connectivity index (χ1) is 28.1. The van der Waals surface area contributed by atoms with E-state index >= 15 is 0 Å². The molecule has 1 aromatic rings. The van der Waals surface area contributed by atoms with Gasteiger partial charge in [-0.25, -0.2) is 8.42 Å². The van der Waals surface area contributed by atoms with Crippen LogP contribution < -0.4 is 15.4 Å². The number of hydrogen-bond donors (Lipinski definition) is 4. The van der Waals surface area contributed by atoms with Crippen molar-refractivity contribution in [2.24, 2.45) is 23.7 Å². The van der Waals surface area contributed by atoms with Gasteiger partial charge in [0.2, 0.25) is 33.7 Å². The second-order valence-corrected chi connectivity index (χ2v) is 19.6. The monoisotopic (exact) mass is 865 g/mol. The van der Waals surface area contributed by atoms with Gasteiger partial charge in [-0.1, -0.05) is 67.0 Å². The van der Waals surface area contributed by atoms with Crippen LogP contribution in [0.1, 0.15) is 92.6 Å². The number of likely N-dealkylation sites (N-methyl/N-ethyl adjacent to an activating group) is 2. The number of aromatic hydroxyl groups is 1. The van der Waals surface area contributed by atoms with Crippen LogP contribution in [0.5, 0.6) is 5.75 Å². The Morgan fingerprint density at radius 3 is 1.98 bits per heavy atom. The average molecular weight is 865 g/mol. The van der Waals surface area contributed by atoms with Crippen molar-refractivity contribution in [3.8, 4) is 5.75 Å². The number of nitrogens with zero attached hydrogens (tertiary/aromatic N) is 3. The number of benzene rings is 1. The molecule has 1 aliphatic carbocycles. The number of carbonyl (C=O) groups excluding carboxylic acids is 5. The summed E-state index contributed by atoms with van der Waals surface area (Å²) in [5, 5.41) is 14.9. The molecule has 60 heavy (non-hydrogen) atoms. The molecular weight excluding hydrogens is 793 g/mol. The summed E-state index contributed by atoms with van der Waals surface area (Å²) in [5.41, 5.74) is 0.588. The van der Waals surface area contributed by atoms with Gasteiger partial charge in [0.05, 0.1) is 47.9 Å². The first-order valence-electron chi connectivity index (χ1n) is 21.3. The first-order valence-corrected chi connectivity index (χ1v) is 22.9. The summed E-state index contributed by atoms with van der Waals surface area (Å²) in [6, 6.07) is 2.52. The van der Waals surface area contributed by atoms with E-state index in [0.29, 0.717) is 44.2 Å². The summed E-state index contributed by atoms with van der Waals surface area (Å²) in [4.78, 5) is 74.6. The highest BCUT2D eigenvalue weighted by Gasteiger charge is 2.44. The van der Waals surface area contributed by atoms with Crippen LogP contribution in [0, 0.1) is 23.7 Å². The summed E-state index contributed by atoms with van der Waals surface area (Å²) in [6.07, 6.45) is 1.20. The number of rotatable bonds is 23. The highest BCUT2D eigenvalue weighted by Crippen LogP contribution is 2.30. The van der Waals surface area contributed by atoms with Gasteiger partial charge in [-0.2, -0.15) is 0 Å². The Balaban J connectivity index is 1.81. The van der Waals surface area contributed by atoms with E-state index in [1.807, 2.05) is 60.5 Å². The van der Waals surface area contributed by atoms with Crippen LogP contribution in [0.25, 0.3) is 0 Å². The van der Waals surface area contributed by atoms with Crippen molar-refractivity contribution >= 4 is 39.6 Å². The van der Waals surface area contributed by atoms with Gasteiger partial charge < -0.3 is 35.0 Å². The van der Waals surface area contributed by atoms with Gasteiger partial charge in [0.25, 0.3) is 5.91 Å². The van der Waals surface area contributed by atoms with E-state index < -0.39 is 75.4 Å². The molecule has 1 aliphatic heterocycles. The minimum atomic E-state index is -3.91. The highest BCUT2D eigenvalue weighted by atomic mass is 32.2. The number of phenolic OH excluding ortho intramolecular Hbond substituents is 1. The Hall–Kier alpha value is -3.80. The lowest BCUT2D eigenvalue weighted by molar-refractivity contribution is -0.148. The number of carbonyl (C=O) groups is 5. The molecule has 340 valence electrons. The number of hydrogen-bond acceptors (Lipinski definition) is 11. The summed E-state index contributed by atoms with van der Waals surface area (Å²) >= 11 is 0. The number of methoxy groups -OCH3 is 2. The number of ether oxygens (including phenoxy) is 2. The number of nitrogens with one attached hydrogen (secondary N) is 3. The van der Waals surface area contributed by atoms with Crippen LogP contribution in [-0.2, 0) is 49.9 Å². The molecule has 2 aliphatic rings. The number of phenols is 1. The van der Waals surface area contributed by atoms with Crippen molar-refractivity contribution < 1.29 is 47.0 Å². The molecule has 0 aromatic heterocycles. The largest absolute Gasteiger partial charge is 0.508 e. The summed E-state index contributed by atoms with van der Waals surface area (Å²) in [5.74, 6) is -3.32. The molecule has 2 fully saturated rings. The van der Waals surface area contributed by atoms with Crippen LogP contribution in [-0.4, -0.2) is 147 Å². The summed E-state index contributed by atoms with van der Waals surface area (Å²) < 4.78 is 39.5. The standard InChI is InChI=1S/C43H72N6O10S/c1-13-27(6)38(48(10)43(55)36(25(2)3)45-42(54)37(26(4)5)47(8)9)34(58-11)24-35(51)49-22-14-15-33(49)39(59-12)28(7)40(52)44-32(23-29-16-18-30(50)19-17-29)41(53)46-60(56,57)31-20-21-31/h16-19,25-28,31-34,36-39,50H,13-15,20-24H2,1-12H3,(H,44,52)(H,45,54)(H,46,53)/t27-,28+,32-,33-,34+,36-,37-,38?,39+/m0/s1. The topological polar surface area (TPSA) is 204 Å². The minimum Gasteiger partial charge on any atom is -0.508 e. The van der Waals surface area contributed by atoms with E-state index in [0.717, 1.165) is 0 Å². The summed E-state index contributed by atoms with van der Waals surface area (Å²) in [6.45, 7) is 13.8. The maximum Gasteiger partial charge on any atom is 0.256 e. The lowest BCUT2D eigenvalue weighted by Gasteiger charge is -2.41. The Morgan fingerprint density at radius 1 is 0.867 bits per heavy atom. The molecule has 4 N–H and O–H groups in total. The smallest absolute Gasteiger partial charge is 0.256 e. The zero-order valence-electron chi connectivity index (χ0n) is 37.8.